The van der Waals surface area contributed by atoms with Gasteiger partial charge in [-0.1, -0.05) is 37.4 Å². The van der Waals surface area contributed by atoms with Gasteiger partial charge in [-0.25, -0.2) is 0 Å². The molecule has 0 spiro atoms. The summed E-state index contributed by atoms with van der Waals surface area (Å²) >= 11 is 5.90. The Balaban J connectivity index is 1.91. The largest absolute Gasteiger partial charge is 0.326 e. The van der Waals surface area contributed by atoms with Gasteiger partial charge in [-0.15, -0.1) is 0 Å². The number of anilines is 2. The van der Waals surface area contributed by atoms with Crippen molar-refractivity contribution in [3.63, 3.8) is 0 Å². The van der Waals surface area contributed by atoms with E-state index in [-0.39, 0.29) is 11.8 Å². The average Bonchev–Trinajstić information content (AvgIpc) is 2.55. The Bertz CT molecular complexity index is 699. The topological polar surface area (TPSA) is 58.2 Å². The van der Waals surface area contributed by atoms with Crippen LogP contribution in [0.5, 0.6) is 0 Å². The first-order valence-electron chi connectivity index (χ1n) is 8.05. The molecule has 2 aromatic rings. The lowest BCUT2D eigenvalue weighted by molar-refractivity contribution is -0.116. The summed E-state index contributed by atoms with van der Waals surface area (Å²) in [6, 6.07) is 13.8. The maximum absolute atomic E-state index is 12.2. The summed E-state index contributed by atoms with van der Waals surface area (Å²) in [5, 5.41) is 6.18. The number of rotatable bonds is 7. The van der Waals surface area contributed by atoms with Crippen molar-refractivity contribution in [1.29, 1.82) is 0 Å². The summed E-state index contributed by atoms with van der Waals surface area (Å²) < 4.78 is 0. The molecule has 0 bridgehead atoms. The smallest absolute Gasteiger partial charge is 0.255 e. The van der Waals surface area contributed by atoms with E-state index in [2.05, 4.69) is 17.6 Å². The minimum atomic E-state index is -0.224. The van der Waals surface area contributed by atoms with Crippen LogP contribution in [0.3, 0.4) is 0 Å². The Kier molecular flexibility index (Phi) is 6.82. The minimum Gasteiger partial charge on any atom is -0.326 e. The fourth-order valence-electron chi connectivity index (χ4n) is 2.23. The van der Waals surface area contributed by atoms with Crippen LogP contribution in [0, 0.1) is 0 Å². The zero-order valence-corrected chi connectivity index (χ0v) is 14.4. The van der Waals surface area contributed by atoms with E-state index < -0.39 is 0 Å². The highest BCUT2D eigenvalue weighted by molar-refractivity contribution is 6.31. The van der Waals surface area contributed by atoms with E-state index in [1.165, 1.54) is 0 Å². The first-order chi connectivity index (χ1) is 11.6. The molecule has 2 amide bonds. The molecule has 5 heteroatoms. The average molecular weight is 345 g/mol. The van der Waals surface area contributed by atoms with Crippen molar-refractivity contribution >= 4 is 34.8 Å². The predicted octanol–water partition coefficient (Wildman–Crippen LogP) is 5.11. The molecule has 0 heterocycles. The van der Waals surface area contributed by atoms with Crippen LogP contribution in [0.4, 0.5) is 11.4 Å². The highest BCUT2D eigenvalue weighted by Crippen LogP contribution is 2.17. The molecular weight excluding hydrogens is 324 g/mol. The van der Waals surface area contributed by atoms with E-state index in [0.717, 1.165) is 19.3 Å². The molecule has 0 unspecified atom stereocenters. The molecule has 0 aliphatic carbocycles. The molecule has 0 radical (unpaired) electrons. The van der Waals surface area contributed by atoms with Gasteiger partial charge in [-0.3, -0.25) is 9.59 Å². The Labute approximate surface area is 147 Å². The molecule has 0 saturated carbocycles. The summed E-state index contributed by atoms with van der Waals surface area (Å²) in [6.07, 6.45) is 3.55. The van der Waals surface area contributed by atoms with Crippen molar-refractivity contribution in [3.8, 4) is 0 Å². The lowest BCUT2D eigenvalue weighted by Crippen LogP contribution is -2.13. The monoisotopic (exact) mass is 344 g/mol. The molecule has 2 N–H and O–H groups in total. The SMILES string of the molecule is CCCCCC(=O)Nc1ccc(C(=O)Nc2cccc(Cl)c2)cc1. The maximum atomic E-state index is 12.2. The van der Waals surface area contributed by atoms with Gasteiger partial charge >= 0.3 is 0 Å². The van der Waals surface area contributed by atoms with Crippen molar-refractivity contribution < 1.29 is 9.59 Å². The van der Waals surface area contributed by atoms with Crippen LogP contribution in [0.25, 0.3) is 0 Å². The van der Waals surface area contributed by atoms with Gasteiger partial charge in [0.25, 0.3) is 5.91 Å². The van der Waals surface area contributed by atoms with Crippen LogP contribution >= 0.6 is 11.6 Å². The molecule has 2 rings (SSSR count). The normalized spacial score (nSPS) is 10.2. The second-order valence-electron chi connectivity index (χ2n) is 5.55. The quantitative estimate of drug-likeness (QED) is 0.685. The van der Waals surface area contributed by atoms with Crippen LogP contribution in [-0.2, 0) is 4.79 Å². The highest BCUT2D eigenvalue weighted by atomic mass is 35.5. The summed E-state index contributed by atoms with van der Waals surface area (Å²) in [4.78, 5) is 24.0. The van der Waals surface area contributed by atoms with Crippen molar-refractivity contribution in [2.24, 2.45) is 0 Å². The number of nitrogens with one attached hydrogen (secondary N) is 2. The van der Waals surface area contributed by atoms with Crippen molar-refractivity contribution in [2.45, 2.75) is 32.6 Å². The predicted molar refractivity (Wildman–Crippen MR) is 98.6 cm³/mol. The van der Waals surface area contributed by atoms with Crippen LogP contribution < -0.4 is 10.6 Å². The van der Waals surface area contributed by atoms with Gasteiger partial charge in [0.1, 0.15) is 0 Å². The van der Waals surface area contributed by atoms with Gasteiger partial charge < -0.3 is 10.6 Å². The molecule has 126 valence electrons. The number of benzene rings is 2. The van der Waals surface area contributed by atoms with Crippen LogP contribution in [0.15, 0.2) is 48.5 Å². The number of halogens is 1. The summed E-state index contributed by atoms with van der Waals surface area (Å²) in [6.45, 7) is 2.10. The standard InChI is InChI=1S/C19H21ClN2O2/c1-2-3-4-8-18(23)21-16-11-9-14(10-12-16)19(24)22-17-7-5-6-15(20)13-17/h5-7,9-13H,2-4,8H2,1H3,(H,21,23)(H,22,24). The van der Waals surface area contributed by atoms with Gasteiger partial charge in [0, 0.05) is 28.4 Å². The van der Waals surface area contributed by atoms with Crippen molar-refractivity contribution in [3.05, 3.63) is 59.1 Å². The van der Waals surface area contributed by atoms with Gasteiger partial charge in [0.15, 0.2) is 0 Å². The van der Waals surface area contributed by atoms with E-state index in [0.29, 0.717) is 28.4 Å². The molecule has 4 nitrogen and oxygen atoms in total. The first kappa shape index (κ1) is 18.0. The molecule has 0 aliphatic rings. The van der Waals surface area contributed by atoms with Gasteiger partial charge in [0.05, 0.1) is 0 Å². The second-order valence-corrected chi connectivity index (χ2v) is 5.98. The molecule has 0 atom stereocenters. The van der Waals surface area contributed by atoms with Gasteiger partial charge in [-0.2, -0.15) is 0 Å². The first-order valence-corrected chi connectivity index (χ1v) is 8.43. The third kappa shape index (κ3) is 5.70. The second kappa shape index (κ2) is 9.08. The lowest BCUT2D eigenvalue weighted by atomic mass is 10.1. The fourth-order valence-corrected chi connectivity index (χ4v) is 2.42. The molecular formula is C19H21ClN2O2. The zero-order chi connectivity index (χ0) is 17.4. The van der Waals surface area contributed by atoms with E-state index in [4.69, 9.17) is 11.6 Å². The van der Waals surface area contributed by atoms with E-state index in [9.17, 15) is 9.59 Å². The molecule has 0 saturated heterocycles. The van der Waals surface area contributed by atoms with E-state index in [1.807, 2.05) is 0 Å². The minimum absolute atomic E-state index is 0.000390. The van der Waals surface area contributed by atoms with Gasteiger partial charge in [0.2, 0.25) is 5.91 Å². The number of amides is 2. The van der Waals surface area contributed by atoms with E-state index in [1.54, 1.807) is 48.5 Å². The highest BCUT2D eigenvalue weighted by Gasteiger charge is 2.07. The number of hydrogen-bond acceptors (Lipinski definition) is 2. The molecule has 0 aliphatic heterocycles. The third-order valence-electron chi connectivity index (χ3n) is 3.52. The molecule has 0 aromatic heterocycles. The van der Waals surface area contributed by atoms with E-state index >= 15 is 0 Å². The summed E-state index contributed by atoms with van der Waals surface area (Å²) in [5.74, 6) is -0.224. The van der Waals surface area contributed by atoms with Crippen molar-refractivity contribution in [2.75, 3.05) is 10.6 Å². The van der Waals surface area contributed by atoms with Crippen molar-refractivity contribution in [1.82, 2.24) is 0 Å². The molecule has 24 heavy (non-hydrogen) atoms. The fraction of sp³-hybridized carbons (Fsp3) is 0.263. The number of hydrogen-bond donors (Lipinski definition) is 2. The van der Waals surface area contributed by atoms with Crippen LogP contribution in [0.2, 0.25) is 5.02 Å². The maximum Gasteiger partial charge on any atom is 0.255 e. The Hall–Kier alpha value is -2.33. The Morgan fingerprint density at radius 3 is 2.38 bits per heavy atom. The zero-order valence-electron chi connectivity index (χ0n) is 13.6. The number of carbonyl (C=O) groups is 2. The lowest BCUT2D eigenvalue weighted by Gasteiger charge is -2.08. The Morgan fingerprint density at radius 1 is 0.958 bits per heavy atom. The number of unbranched alkanes of at least 4 members (excludes halogenated alkanes) is 2. The van der Waals surface area contributed by atoms with Gasteiger partial charge in [-0.05, 0) is 48.9 Å². The van der Waals surface area contributed by atoms with Crippen LogP contribution in [0.1, 0.15) is 43.0 Å². The third-order valence-corrected chi connectivity index (χ3v) is 3.76. The Morgan fingerprint density at radius 2 is 1.71 bits per heavy atom. The molecule has 0 fully saturated rings. The summed E-state index contributed by atoms with van der Waals surface area (Å²) in [7, 11) is 0. The van der Waals surface area contributed by atoms with Crippen LogP contribution in [-0.4, -0.2) is 11.8 Å². The molecule has 2 aromatic carbocycles. The number of carbonyl (C=O) groups excluding carboxylic acids is 2. The summed E-state index contributed by atoms with van der Waals surface area (Å²) in [5.41, 5.74) is 1.84.